The van der Waals surface area contributed by atoms with Gasteiger partial charge in [-0.3, -0.25) is 9.59 Å². The van der Waals surface area contributed by atoms with E-state index in [2.05, 4.69) is 15.5 Å². The standard InChI is InChI=1S/C20H17N3O5/c1-11-8-15(24)20-19(26-11)14(18(27-20)13-6-4-3-5-7-13)9-16(25)21-10-17-22-12(2)23-28-17/h3-8H,9-10H2,1-2H3,(H,21,25). The zero-order chi connectivity index (χ0) is 19.7. The summed E-state index contributed by atoms with van der Waals surface area (Å²) in [6.07, 6.45) is -0.0310. The minimum Gasteiger partial charge on any atom is -0.457 e. The Bertz CT molecular complexity index is 1200. The summed E-state index contributed by atoms with van der Waals surface area (Å²) in [5, 5.41) is 6.41. The van der Waals surface area contributed by atoms with Crippen LogP contribution < -0.4 is 10.7 Å². The molecule has 0 bridgehead atoms. The molecule has 3 heterocycles. The van der Waals surface area contributed by atoms with Crippen LogP contribution in [0.15, 0.2) is 54.6 Å². The van der Waals surface area contributed by atoms with Gasteiger partial charge < -0.3 is 18.7 Å². The lowest BCUT2D eigenvalue weighted by Crippen LogP contribution is -2.24. The molecule has 8 heteroatoms. The minimum absolute atomic E-state index is 0.0310. The number of nitrogens with zero attached hydrogens (tertiary/aromatic N) is 2. The smallest absolute Gasteiger partial charge is 0.246 e. The molecule has 3 aromatic heterocycles. The maximum Gasteiger partial charge on any atom is 0.246 e. The lowest BCUT2D eigenvalue weighted by Gasteiger charge is -2.04. The fourth-order valence-corrected chi connectivity index (χ4v) is 2.95. The van der Waals surface area contributed by atoms with Gasteiger partial charge in [-0.1, -0.05) is 35.5 Å². The number of aromatic nitrogens is 2. The van der Waals surface area contributed by atoms with Crippen LogP contribution in [-0.4, -0.2) is 16.0 Å². The van der Waals surface area contributed by atoms with Crippen molar-refractivity contribution in [1.29, 1.82) is 0 Å². The topological polar surface area (TPSA) is 111 Å². The van der Waals surface area contributed by atoms with Crippen molar-refractivity contribution in [2.75, 3.05) is 0 Å². The number of furan rings is 1. The number of rotatable bonds is 5. The number of carbonyl (C=O) groups is 1. The Morgan fingerprint density at radius 3 is 2.61 bits per heavy atom. The van der Waals surface area contributed by atoms with Crippen molar-refractivity contribution in [2.24, 2.45) is 0 Å². The van der Waals surface area contributed by atoms with Gasteiger partial charge in [-0.15, -0.1) is 0 Å². The maximum absolute atomic E-state index is 12.5. The summed E-state index contributed by atoms with van der Waals surface area (Å²) in [6.45, 7) is 3.49. The first-order valence-electron chi connectivity index (χ1n) is 8.68. The zero-order valence-corrected chi connectivity index (χ0v) is 15.3. The second kappa shape index (κ2) is 7.15. The van der Waals surface area contributed by atoms with Crippen molar-refractivity contribution >= 4 is 17.1 Å². The molecule has 1 amide bonds. The number of amides is 1. The Hall–Kier alpha value is -3.68. The Morgan fingerprint density at radius 1 is 1.11 bits per heavy atom. The van der Waals surface area contributed by atoms with Gasteiger partial charge in [0.25, 0.3) is 0 Å². The van der Waals surface area contributed by atoms with Crippen LogP contribution in [0.5, 0.6) is 0 Å². The highest BCUT2D eigenvalue weighted by Crippen LogP contribution is 2.33. The van der Waals surface area contributed by atoms with Gasteiger partial charge in [-0.05, 0) is 13.8 Å². The maximum atomic E-state index is 12.5. The molecule has 1 N–H and O–H groups in total. The normalized spacial score (nSPS) is 11.1. The van der Waals surface area contributed by atoms with E-state index < -0.39 is 0 Å². The van der Waals surface area contributed by atoms with Crippen LogP contribution >= 0.6 is 0 Å². The van der Waals surface area contributed by atoms with Gasteiger partial charge in [0.15, 0.2) is 11.4 Å². The molecule has 4 aromatic rings. The molecule has 0 spiro atoms. The van der Waals surface area contributed by atoms with Gasteiger partial charge in [0.2, 0.25) is 22.8 Å². The number of hydrogen-bond donors (Lipinski definition) is 1. The van der Waals surface area contributed by atoms with Gasteiger partial charge in [-0.25, -0.2) is 0 Å². The lowest BCUT2D eigenvalue weighted by molar-refractivity contribution is -0.120. The monoisotopic (exact) mass is 379 g/mol. The zero-order valence-electron chi connectivity index (χ0n) is 15.3. The van der Waals surface area contributed by atoms with Crippen molar-refractivity contribution in [3.8, 4) is 11.3 Å². The van der Waals surface area contributed by atoms with Crippen LogP contribution in [-0.2, 0) is 17.8 Å². The second-order valence-electron chi connectivity index (χ2n) is 6.34. The minimum atomic E-state index is -0.292. The highest BCUT2D eigenvalue weighted by molar-refractivity contribution is 5.89. The fourth-order valence-electron chi connectivity index (χ4n) is 2.95. The number of nitrogens with one attached hydrogen (secondary N) is 1. The largest absolute Gasteiger partial charge is 0.457 e. The molecule has 0 atom stereocenters. The molecule has 28 heavy (non-hydrogen) atoms. The van der Waals surface area contributed by atoms with Gasteiger partial charge in [0, 0.05) is 11.6 Å². The van der Waals surface area contributed by atoms with Gasteiger partial charge in [0.05, 0.1) is 18.5 Å². The molecule has 8 nitrogen and oxygen atoms in total. The molecule has 0 fully saturated rings. The van der Waals surface area contributed by atoms with E-state index in [4.69, 9.17) is 13.4 Å². The van der Waals surface area contributed by atoms with E-state index in [9.17, 15) is 9.59 Å². The van der Waals surface area contributed by atoms with Crippen LogP contribution in [0.1, 0.15) is 23.0 Å². The number of benzene rings is 1. The van der Waals surface area contributed by atoms with Crippen molar-refractivity contribution in [3.05, 3.63) is 69.7 Å². The average Bonchev–Trinajstić information content (AvgIpc) is 3.25. The Labute approximate surface area is 159 Å². The van der Waals surface area contributed by atoms with E-state index in [1.807, 2.05) is 30.3 Å². The molecular weight excluding hydrogens is 362 g/mol. The molecule has 0 radical (unpaired) electrons. The number of hydrogen-bond acceptors (Lipinski definition) is 7. The molecule has 0 saturated carbocycles. The van der Waals surface area contributed by atoms with Gasteiger partial charge >= 0.3 is 0 Å². The van der Waals surface area contributed by atoms with Crippen molar-refractivity contribution in [1.82, 2.24) is 15.5 Å². The molecular formula is C20H17N3O5. The highest BCUT2D eigenvalue weighted by Gasteiger charge is 2.22. The van der Waals surface area contributed by atoms with Gasteiger partial charge in [-0.2, -0.15) is 4.98 Å². The van der Waals surface area contributed by atoms with Crippen LogP contribution in [0.25, 0.3) is 22.5 Å². The molecule has 0 aliphatic carbocycles. The summed E-state index contributed by atoms with van der Waals surface area (Å²) in [4.78, 5) is 28.9. The van der Waals surface area contributed by atoms with Crippen LogP contribution in [0.2, 0.25) is 0 Å². The molecule has 4 rings (SSSR count). The lowest BCUT2D eigenvalue weighted by atomic mass is 10.1. The highest BCUT2D eigenvalue weighted by atomic mass is 16.5. The Kier molecular flexibility index (Phi) is 4.52. The second-order valence-corrected chi connectivity index (χ2v) is 6.34. The molecule has 0 saturated heterocycles. The molecule has 0 aliphatic rings. The fraction of sp³-hybridized carbons (Fsp3) is 0.200. The van der Waals surface area contributed by atoms with E-state index in [1.165, 1.54) is 6.07 Å². The predicted octanol–water partition coefficient (Wildman–Crippen LogP) is 2.91. The van der Waals surface area contributed by atoms with Crippen LogP contribution in [0, 0.1) is 13.8 Å². The summed E-state index contributed by atoms with van der Waals surface area (Å²) >= 11 is 0. The first kappa shape index (κ1) is 17.7. The third-order valence-electron chi connectivity index (χ3n) is 4.16. The SMILES string of the molecule is Cc1noc(CNC(=O)Cc2c(-c3ccccc3)oc3c(=O)cc(C)oc23)n1. The number of aryl methyl sites for hydroxylation is 2. The summed E-state index contributed by atoms with van der Waals surface area (Å²) in [6, 6.07) is 10.6. The number of carbonyl (C=O) groups excluding carboxylic acids is 1. The molecule has 1 aromatic carbocycles. The van der Waals surface area contributed by atoms with E-state index in [1.54, 1.807) is 13.8 Å². The van der Waals surface area contributed by atoms with Crippen LogP contribution in [0.3, 0.4) is 0 Å². The average molecular weight is 379 g/mol. The van der Waals surface area contributed by atoms with Gasteiger partial charge in [0.1, 0.15) is 11.5 Å². The van der Waals surface area contributed by atoms with E-state index in [0.717, 1.165) is 5.56 Å². The third-order valence-corrected chi connectivity index (χ3v) is 4.16. The summed E-state index contributed by atoms with van der Waals surface area (Å²) in [7, 11) is 0. The Balaban J connectivity index is 1.69. The first-order chi connectivity index (χ1) is 13.5. The van der Waals surface area contributed by atoms with Crippen molar-refractivity contribution in [2.45, 2.75) is 26.8 Å². The molecule has 0 aliphatic heterocycles. The van der Waals surface area contributed by atoms with Crippen molar-refractivity contribution < 1.29 is 18.2 Å². The molecule has 0 unspecified atom stereocenters. The first-order valence-corrected chi connectivity index (χ1v) is 8.68. The molecule has 142 valence electrons. The van der Waals surface area contributed by atoms with E-state index in [-0.39, 0.29) is 35.5 Å². The summed E-state index contributed by atoms with van der Waals surface area (Å²) < 4.78 is 16.5. The van der Waals surface area contributed by atoms with Crippen LogP contribution in [0.4, 0.5) is 0 Å². The summed E-state index contributed by atoms with van der Waals surface area (Å²) in [5.41, 5.74) is 1.36. The number of fused-ring (bicyclic) bond motifs is 1. The van der Waals surface area contributed by atoms with E-state index in [0.29, 0.717) is 28.8 Å². The predicted molar refractivity (Wildman–Crippen MR) is 99.5 cm³/mol. The van der Waals surface area contributed by atoms with Crippen molar-refractivity contribution in [3.63, 3.8) is 0 Å². The third kappa shape index (κ3) is 3.44. The quantitative estimate of drug-likeness (QED) is 0.567. The summed E-state index contributed by atoms with van der Waals surface area (Å²) in [5.74, 6) is 1.40. The Morgan fingerprint density at radius 2 is 1.89 bits per heavy atom. The van der Waals surface area contributed by atoms with E-state index >= 15 is 0 Å².